The van der Waals surface area contributed by atoms with Crippen molar-refractivity contribution >= 4 is 21.4 Å². The van der Waals surface area contributed by atoms with E-state index in [1.165, 1.54) is 0 Å². The number of hydrogen-bond acceptors (Lipinski definition) is 4. The molecule has 0 aliphatic carbocycles. The Morgan fingerprint density at radius 3 is 1.82 bits per heavy atom. The normalized spacial score (nSPS) is 12.0. The molecule has 0 radical (unpaired) electrons. The van der Waals surface area contributed by atoms with E-state index in [9.17, 15) is 0 Å². The summed E-state index contributed by atoms with van der Waals surface area (Å²) in [5, 5.41) is 0. The molecule has 0 aromatic carbocycles. The summed E-state index contributed by atoms with van der Waals surface area (Å²) in [5.41, 5.74) is 0. The number of rotatable bonds is 12. The fraction of sp³-hybridized carbons (Fsp3) is 1.00. The lowest BCUT2D eigenvalue weighted by atomic mass is 10.4. The highest BCUT2D eigenvalue weighted by molar-refractivity contribution is 7.80. The first-order valence-corrected chi connectivity index (χ1v) is 9.25. The number of hydrogen-bond donors (Lipinski definition) is 1. The van der Waals surface area contributed by atoms with Crippen molar-refractivity contribution in [3.8, 4) is 0 Å². The van der Waals surface area contributed by atoms with Crippen molar-refractivity contribution in [1.82, 2.24) is 0 Å². The molecule has 0 saturated carbocycles. The van der Waals surface area contributed by atoms with Crippen LogP contribution < -0.4 is 0 Å². The third-order valence-corrected chi connectivity index (χ3v) is 5.78. The van der Waals surface area contributed by atoms with Crippen LogP contribution in [-0.4, -0.2) is 34.9 Å². The van der Waals surface area contributed by atoms with Crippen molar-refractivity contribution in [2.45, 2.75) is 52.0 Å². The molecule has 0 bridgehead atoms. The third kappa shape index (κ3) is 8.21. The van der Waals surface area contributed by atoms with E-state index in [1.807, 2.05) is 0 Å². The van der Waals surface area contributed by atoms with E-state index in [0.717, 1.165) is 57.1 Å². The van der Waals surface area contributed by atoms with E-state index < -0.39 is 8.80 Å². The largest absolute Gasteiger partial charge is 0.500 e. The molecule has 5 heteroatoms. The summed E-state index contributed by atoms with van der Waals surface area (Å²) >= 11 is 4.25. The minimum atomic E-state index is -2.41. The molecule has 0 amide bonds. The average molecular weight is 281 g/mol. The third-order valence-electron chi connectivity index (χ3n) is 2.59. The maximum atomic E-state index is 5.93. The average Bonchev–Trinajstić information content (AvgIpc) is 2.36. The highest BCUT2D eigenvalue weighted by Gasteiger charge is 2.39. The Kier molecular flexibility index (Phi) is 11.8. The van der Waals surface area contributed by atoms with Crippen LogP contribution in [0.4, 0.5) is 0 Å². The molecule has 0 aliphatic heterocycles. The van der Waals surface area contributed by atoms with Gasteiger partial charge in [0.2, 0.25) is 0 Å². The molecule has 0 atom stereocenters. The van der Waals surface area contributed by atoms with Gasteiger partial charge in [0.05, 0.1) is 0 Å². The molecule has 0 rings (SSSR count). The Morgan fingerprint density at radius 2 is 1.47 bits per heavy atom. The van der Waals surface area contributed by atoms with Crippen LogP contribution in [0, 0.1) is 0 Å². The Balaban J connectivity index is 4.17. The number of unbranched alkanes of at least 4 members (excludes halogenated alkanes) is 2. The molecule has 0 aromatic rings. The van der Waals surface area contributed by atoms with Crippen LogP contribution in [0.1, 0.15) is 46.0 Å². The van der Waals surface area contributed by atoms with Gasteiger partial charge in [0.25, 0.3) is 0 Å². The van der Waals surface area contributed by atoms with Gasteiger partial charge >= 0.3 is 8.80 Å². The maximum absolute atomic E-state index is 5.93. The van der Waals surface area contributed by atoms with Crippen LogP contribution in [0.3, 0.4) is 0 Å². The number of thiol groups is 1. The highest BCUT2D eigenvalue weighted by atomic mass is 32.1. The topological polar surface area (TPSA) is 27.7 Å². The van der Waals surface area contributed by atoms with Crippen molar-refractivity contribution in [3.05, 3.63) is 0 Å². The van der Waals surface area contributed by atoms with Crippen LogP contribution in [0.2, 0.25) is 6.04 Å². The van der Waals surface area contributed by atoms with Crippen molar-refractivity contribution in [2.75, 3.05) is 26.1 Å². The van der Waals surface area contributed by atoms with E-state index in [4.69, 9.17) is 13.3 Å². The Bertz CT molecular complexity index is 160. The van der Waals surface area contributed by atoms with E-state index in [0.29, 0.717) is 0 Å². The fourth-order valence-electron chi connectivity index (χ4n) is 1.45. The van der Waals surface area contributed by atoms with Crippen LogP contribution in [0.15, 0.2) is 0 Å². The van der Waals surface area contributed by atoms with Crippen LogP contribution in [-0.2, 0) is 13.3 Å². The van der Waals surface area contributed by atoms with Crippen LogP contribution in [0.25, 0.3) is 0 Å². The zero-order valence-corrected chi connectivity index (χ0v) is 13.4. The zero-order valence-electron chi connectivity index (χ0n) is 11.5. The molecule has 0 N–H and O–H groups in total. The van der Waals surface area contributed by atoms with Crippen molar-refractivity contribution in [2.24, 2.45) is 0 Å². The SMILES string of the molecule is CCCCO[Si](CCCS)(OC)OCCCC. The van der Waals surface area contributed by atoms with Crippen LogP contribution in [0.5, 0.6) is 0 Å². The highest BCUT2D eigenvalue weighted by Crippen LogP contribution is 2.18. The summed E-state index contributed by atoms with van der Waals surface area (Å²) in [6.45, 7) is 5.81. The lowest BCUT2D eigenvalue weighted by Crippen LogP contribution is -2.45. The summed E-state index contributed by atoms with van der Waals surface area (Å²) < 4.78 is 17.5. The molecule has 0 aliphatic rings. The molecular weight excluding hydrogens is 252 g/mol. The Hall–Kier alpha value is 0.447. The zero-order chi connectivity index (χ0) is 13.0. The van der Waals surface area contributed by atoms with Gasteiger partial charge < -0.3 is 13.3 Å². The monoisotopic (exact) mass is 280 g/mol. The molecule has 0 spiro atoms. The van der Waals surface area contributed by atoms with Gasteiger partial charge in [0, 0.05) is 26.4 Å². The second-order valence-corrected chi connectivity index (χ2v) is 7.42. The summed E-state index contributed by atoms with van der Waals surface area (Å²) in [6.07, 6.45) is 5.39. The van der Waals surface area contributed by atoms with Gasteiger partial charge in [-0.2, -0.15) is 12.6 Å². The summed E-state index contributed by atoms with van der Waals surface area (Å²) in [5.74, 6) is 0.854. The predicted octanol–water partition coefficient (Wildman–Crippen LogP) is 3.53. The molecule has 0 fully saturated rings. The van der Waals surface area contributed by atoms with Gasteiger partial charge in [0.15, 0.2) is 0 Å². The first-order valence-electron chi connectivity index (χ1n) is 6.68. The molecule has 0 saturated heterocycles. The minimum Gasteiger partial charge on any atom is -0.377 e. The smallest absolute Gasteiger partial charge is 0.377 e. The second kappa shape index (κ2) is 11.5. The lowest BCUT2D eigenvalue weighted by molar-refractivity contribution is 0.0750. The van der Waals surface area contributed by atoms with E-state index in [1.54, 1.807) is 7.11 Å². The molecule has 0 aromatic heterocycles. The molecule has 0 unspecified atom stereocenters. The van der Waals surface area contributed by atoms with E-state index in [2.05, 4.69) is 26.5 Å². The van der Waals surface area contributed by atoms with E-state index >= 15 is 0 Å². The summed E-state index contributed by atoms with van der Waals surface area (Å²) in [7, 11) is -0.703. The van der Waals surface area contributed by atoms with Crippen LogP contribution >= 0.6 is 12.6 Å². The maximum Gasteiger partial charge on any atom is 0.500 e. The fourth-order valence-corrected chi connectivity index (χ4v) is 4.23. The van der Waals surface area contributed by atoms with Gasteiger partial charge in [-0.25, -0.2) is 0 Å². The first-order chi connectivity index (χ1) is 8.24. The summed E-state index contributed by atoms with van der Waals surface area (Å²) in [6, 6.07) is 0.875. The minimum absolute atomic E-state index is 0.745. The van der Waals surface area contributed by atoms with Gasteiger partial charge in [-0.3, -0.25) is 0 Å². The van der Waals surface area contributed by atoms with Crippen molar-refractivity contribution in [3.63, 3.8) is 0 Å². The molecule has 0 heterocycles. The van der Waals surface area contributed by atoms with Gasteiger partial charge in [-0.1, -0.05) is 26.7 Å². The quantitative estimate of drug-likeness (QED) is 0.337. The van der Waals surface area contributed by atoms with Crippen molar-refractivity contribution < 1.29 is 13.3 Å². The van der Waals surface area contributed by atoms with Gasteiger partial charge in [0.1, 0.15) is 0 Å². The van der Waals surface area contributed by atoms with Gasteiger partial charge in [-0.15, -0.1) is 0 Å². The summed E-state index contributed by atoms with van der Waals surface area (Å²) in [4.78, 5) is 0. The molecule has 17 heavy (non-hydrogen) atoms. The Morgan fingerprint density at radius 1 is 0.941 bits per heavy atom. The molecule has 3 nitrogen and oxygen atoms in total. The lowest BCUT2D eigenvalue weighted by Gasteiger charge is -2.28. The second-order valence-electron chi connectivity index (χ2n) is 4.12. The Labute approximate surface area is 113 Å². The standard InChI is InChI=1S/C12H28O3SSi/c1-4-6-9-14-17(13-3,12-8-11-16)15-10-7-5-2/h16H,4-12H2,1-3H3. The van der Waals surface area contributed by atoms with Gasteiger partial charge in [-0.05, 0) is 25.0 Å². The first kappa shape index (κ1) is 17.4. The molecular formula is C12H28O3SSi. The molecule has 104 valence electrons. The van der Waals surface area contributed by atoms with E-state index in [-0.39, 0.29) is 0 Å². The van der Waals surface area contributed by atoms with Crippen molar-refractivity contribution in [1.29, 1.82) is 0 Å². The predicted molar refractivity (Wildman–Crippen MR) is 77.8 cm³/mol.